The molecule has 1 aromatic carbocycles. The second-order valence-corrected chi connectivity index (χ2v) is 6.50. The van der Waals surface area contributed by atoms with E-state index in [1.165, 1.54) is 5.56 Å². The van der Waals surface area contributed by atoms with Gasteiger partial charge < -0.3 is 9.42 Å². The molecule has 1 aliphatic heterocycles. The number of aromatic nitrogens is 2. The Kier molecular flexibility index (Phi) is 5.08. The van der Waals surface area contributed by atoms with E-state index in [0.717, 1.165) is 44.8 Å². The molecule has 0 atom stereocenters. The minimum Gasteiger partial charge on any atom is -0.338 e. The zero-order valence-corrected chi connectivity index (χ0v) is 14.3. The molecule has 3 rings (SSSR count). The van der Waals surface area contributed by atoms with Gasteiger partial charge in [-0.2, -0.15) is 4.98 Å². The van der Waals surface area contributed by atoms with E-state index in [1.54, 1.807) is 0 Å². The Bertz CT molecular complexity index is 612. The maximum Gasteiger partial charge on any atom is 0.241 e. The first kappa shape index (κ1) is 16.1. The van der Waals surface area contributed by atoms with Crippen molar-refractivity contribution in [3.63, 3.8) is 0 Å². The van der Waals surface area contributed by atoms with Crippen LogP contribution < -0.4 is 0 Å². The Morgan fingerprint density at radius 2 is 1.70 bits per heavy atom. The lowest BCUT2D eigenvalue weighted by molar-refractivity contribution is 0.121. The van der Waals surface area contributed by atoms with Crippen LogP contribution in [0.4, 0.5) is 0 Å². The van der Waals surface area contributed by atoms with Gasteiger partial charge in [0.25, 0.3) is 0 Å². The molecule has 1 aromatic heterocycles. The van der Waals surface area contributed by atoms with Crippen LogP contribution in [0.1, 0.15) is 38.1 Å². The smallest absolute Gasteiger partial charge is 0.241 e. The van der Waals surface area contributed by atoms with Gasteiger partial charge in [-0.05, 0) is 18.0 Å². The maximum atomic E-state index is 5.44. The van der Waals surface area contributed by atoms with E-state index < -0.39 is 0 Å². The summed E-state index contributed by atoms with van der Waals surface area (Å²) in [5.41, 5.74) is 2.34. The van der Waals surface area contributed by atoms with Gasteiger partial charge >= 0.3 is 0 Å². The number of hydrogen-bond donors (Lipinski definition) is 0. The summed E-state index contributed by atoms with van der Waals surface area (Å²) in [5.74, 6) is 1.92. The normalized spacial score (nSPS) is 17.0. The lowest BCUT2D eigenvalue weighted by Gasteiger charge is -2.33. The first-order valence-electron chi connectivity index (χ1n) is 8.53. The first-order valence-corrected chi connectivity index (χ1v) is 8.53. The molecule has 0 amide bonds. The Balaban J connectivity index is 1.62. The molecule has 5 heteroatoms. The number of piperazine rings is 1. The summed E-state index contributed by atoms with van der Waals surface area (Å²) in [6.45, 7) is 12.8. The van der Waals surface area contributed by atoms with Crippen molar-refractivity contribution in [1.29, 1.82) is 0 Å². The molecule has 0 radical (unpaired) electrons. The number of hydrogen-bond acceptors (Lipinski definition) is 5. The predicted molar refractivity (Wildman–Crippen MR) is 91.2 cm³/mol. The van der Waals surface area contributed by atoms with Crippen molar-refractivity contribution >= 4 is 0 Å². The quantitative estimate of drug-likeness (QED) is 0.849. The SMILES string of the molecule is CCN1CCN(Cc2nc(-c3ccc(C(C)C)cc3)no2)CC1. The zero-order valence-electron chi connectivity index (χ0n) is 14.3. The molecule has 0 saturated carbocycles. The third-order valence-corrected chi connectivity index (χ3v) is 4.57. The summed E-state index contributed by atoms with van der Waals surface area (Å²) >= 11 is 0. The van der Waals surface area contributed by atoms with Crippen LogP contribution in [0.3, 0.4) is 0 Å². The average Bonchev–Trinajstić information content (AvgIpc) is 3.04. The summed E-state index contributed by atoms with van der Waals surface area (Å²) < 4.78 is 5.44. The standard InChI is InChI=1S/C18H26N4O/c1-4-21-9-11-22(12-10-21)13-17-19-18(20-23-17)16-7-5-15(6-8-16)14(2)3/h5-8,14H,4,9-13H2,1-3H3. The molecule has 1 fully saturated rings. The Morgan fingerprint density at radius 3 is 2.30 bits per heavy atom. The van der Waals surface area contributed by atoms with E-state index in [4.69, 9.17) is 4.52 Å². The summed E-state index contributed by atoms with van der Waals surface area (Å²) in [5, 5.41) is 4.13. The molecule has 0 spiro atoms. The molecule has 0 aliphatic carbocycles. The van der Waals surface area contributed by atoms with Gasteiger partial charge in [0.2, 0.25) is 11.7 Å². The fraction of sp³-hybridized carbons (Fsp3) is 0.556. The minimum absolute atomic E-state index is 0.534. The molecule has 23 heavy (non-hydrogen) atoms. The molecule has 5 nitrogen and oxygen atoms in total. The highest BCUT2D eigenvalue weighted by Gasteiger charge is 2.18. The largest absolute Gasteiger partial charge is 0.338 e. The molecule has 1 saturated heterocycles. The second-order valence-electron chi connectivity index (χ2n) is 6.50. The first-order chi connectivity index (χ1) is 11.2. The third-order valence-electron chi connectivity index (χ3n) is 4.57. The topological polar surface area (TPSA) is 45.4 Å². The van der Waals surface area contributed by atoms with E-state index in [9.17, 15) is 0 Å². The van der Waals surface area contributed by atoms with Crippen LogP contribution in [-0.2, 0) is 6.54 Å². The van der Waals surface area contributed by atoms with E-state index >= 15 is 0 Å². The molecule has 2 aromatic rings. The summed E-state index contributed by atoms with van der Waals surface area (Å²) in [6.07, 6.45) is 0. The summed E-state index contributed by atoms with van der Waals surface area (Å²) in [6, 6.07) is 8.42. The second kappa shape index (κ2) is 7.23. The van der Waals surface area contributed by atoms with Crippen LogP contribution in [0.5, 0.6) is 0 Å². The third kappa shape index (κ3) is 3.98. The molecule has 1 aliphatic rings. The highest BCUT2D eigenvalue weighted by atomic mass is 16.5. The van der Waals surface area contributed by atoms with E-state index in [-0.39, 0.29) is 0 Å². The van der Waals surface area contributed by atoms with Gasteiger partial charge in [-0.1, -0.05) is 50.2 Å². The summed E-state index contributed by atoms with van der Waals surface area (Å²) in [7, 11) is 0. The van der Waals surface area contributed by atoms with E-state index in [0.29, 0.717) is 17.6 Å². The van der Waals surface area contributed by atoms with Gasteiger partial charge in [-0.15, -0.1) is 0 Å². The lowest BCUT2D eigenvalue weighted by Crippen LogP contribution is -2.45. The van der Waals surface area contributed by atoms with Gasteiger partial charge in [-0.3, -0.25) is 4.90 Å². The van der Waals surface area contributed by atoms with Crippen molar-refractivity contribution in [2.75, 3.05) is 32.7 Å². The van der Waals surface area contributed by atoms with Crippen LogP contribution >= 0.6 is 0 Å². The van der Waals surface area contributed by atoms with Gasteiger partial charge in [0, 0.05) is 31.7 Å². The van der Waals surface area contributed by atoms with Crippen molar-refractivity contribution in [1.82, 2.24) is 19.9 Å². The monoisotopic (exact) mass is 314 g/mol. The molecular weight excluding hydrogens is 288 g/mol. The molecule has 0 N–H and O–H groups in total. The van der Waals surface area contributed by atoms with Crippen LogP contribution in [0.25, 0.3) is 11.4 Å². The van der Waals surface area contributed by atoms with Crippen LogP contribution in [-0.4, -0.2) is 52.7 Å². The molecule has 124 valence electrons. The number of nitrogens with zero attached hydrogens (tertiary/aromatic N) is 4. The van der Waals surface area contributed by atoms with Crippen LogP contribution in [0.15, 0.2) is 28.8 Å². The average molecular weight is 314 g/mol. The number of likely N-dealkylation sites (N-methyl/N-ethyl adjacent to an activating group) is 1. The summed E-state index contributed by atoms with van der Waals surface area (Å²) in [4.78, 5) is 9.40. The van der Waals surface area contributed by atoms with Crippen molar-refractivity contribution in [2.24, 2.45) is 0 Å². The van der Waals surface area contributed by atoms with Crippen molar-refractivity contribution in [3.05, 3.63) is 35.7 Å². The van der Waals surface area contributed by atoms with Gasteiger partial charge in [-0.25, -0.2) is 0 Å². The fourth-order valence-electron chi connectivity index (χ4n) is 2.91. The number of rotatable bonds is 5. The van der Waals surface area contributed by atoms with Gasteiger partial charge in [0.1, 0.15) is 0 Å². The molecule has 2 heterocycles. The van der Waals surface area contributed by atoms with Crippen LogP contribution in [0.2, 0.25) is 0 Å². The van der Waals surface area contributed by atoms with Gasteiger partial charge in [0.15, 0.2) is 0 Å². The Hall–Kier alpha value is -1.72. The molecule has 0 unspecified atom stereocenters. The highest BCUT2D eigenvalue weighted by Crippen LogP contribution is 2.21. The molecule has 0 bridgehead atoms. The van der Waals surface area contributed by atoms with Crippen molar-refractivity contribution in [2.45, 2.75) is 33.2 Å². The minimum atomic E-state index is 0.534. The van der Waals surface area contributed by atoms with Crippen molar-refractivity contribution < 1.29 is 4.52 Å². The lowest BCUT2D eigenvalue weighted by atomic mass is 10.0. The van der Waals surface area contributed by atoms with Crippen LogP contribution in [0, 0.1) is 0 Å². The predicted octanol–water partition coefficient (Wildman–Crippen LogP) is 3.00. The molecular formula is C18H26N4O. The Morgan fingerprint density at radius 1 is 1.04 bits per heavy atom. The van der Waals surface area contributed by atoms with E-state index in [2.05, 4.69) is 65.0 Å². The van der Waals surface area contributed by atoms with Crippen molar-refractivity contribution in [3.8, 4) is 11.4 Å². The highest BCUT2D eigenvalue weighted by molar-refractivity contribution is 5.54. The Labute approximate surface area is 138 Å². The van der Waals surface area contributed by atoms with E-state index in [1.807, 2.05) is 0 Å². The maximum absolute atomic E-state index is 5.44. The zero-order chi connectivity index (χ0) is 16.2. The number of benzene rings is 1. The fourth-order valence-corrected chi connectivity index (χ4v) is 2.91. The van der Waals surface area contributed by atoms with Gasteiger partial charge in [0.05, 0.1) is 6.54 Å².